The lowest BCUT2D eigenvalue weighted by Crippen LogP contribution is -2.32. The van der Waals surface area contributed by atoms with Gasteiger partial charge in [-0.3, -0.25) is 4.79 Å². The molecular weight excluding hydrogens is 500 g/mol. The van der Waals surface area contributed by atoms with Crippen LogP contribution in [0.2, 0.25) is 0 Å². The van der Waals surface area contributed by atoms with Crippen molar-refractivity contribution in [2.45, 2.75) is 10.9 Å². The number of ether oxygens (including phenoxy) is 4. The van der Waals surface area contributed by atoms with Crippen LogP contribution in [0.1, 0.15) is 5.56 Å². The third-order valence-electron chi connectivity index (χ3n) is 5.44. The summed E-state index contributed by atoms with van der Waals surface area (Å²) in [5.74, 6) is 1.67. The van der Waals surface area contributed by atoms with Gasteiger partial charge in [-0.2, -0.15) is 0 Å². The second-order valence-corrected chi connectivity index (χ2v) is 9.86. The number of thioether (sulfide) groups is 1. The maximum absolute atomic E-state index is 13.6. The van der Waals surface area contributed by atoms with Crippen molar-refractivity contribution in [1.29, 1.82) is 0 Å². The maximum Gasteiger partial charge on any atom is 0.237 e. The van der Waals surface area contributed by atoms with Crippen LogP contribution < -0.4 is 23.8 Å². The molecule has 0 fully saturated rings. The number of phenols is 1. The molecule has 1 heterocycles. The zero-order valence-electron chi connectivity index (χ0n) is 20.3. The maximum atomic E-state index is 13.6. The van der Waals surface area contributed by atoms with E-state index in [0.29, 0.717) is 28.7 Å². The Morgan fingerprint density at radius 2 is 1.64 bits per heavy atom. The molecule has 0 aliphatic rings. The minimum Gasteiger partial charge on any atom is -0.504 e. The molecule has 1 aromatic heterocycles. The Bertz CT molecular complexity index is 1320. The van der Waals surface area contributed by atoms with Crippen molar-refractivity contribution in [2.75, 3.05) is 39.1 Å². The molecule has 3 aromatic carbocycles. The molecule has 0 bridgehead atoms. The van der Waals surface area contributed by atoms with Crippen LogP contribution in [0.5, 0.6) is 28.7 Å². The zero-order chi connectivity index (χ0) is 25.7. The lowest BCUT2D eigenvalue weighted by molar-refractivity contribution is -0.116. The Kier molecular flexibility index (Phi) is 8.07. The van der Waals surface area contributed by atoms with Gasteiger partial charge in [-0.05, 0) is 29.8 Å². The van der Waals surface area contributed by atoms with E-state index in [9.17, 15) is 9.90 Å². The van der Waals surface area contributed by atoms with E-state index in [2.05, 4.69) is 4.98 Å². The molecule has 188 valence electrons. The summed E-state index contributed by atoms with van der Waals surface area (Å²) in [6, 6.07) is 16.4. The van der Waals surface area contributed by atoms with Crippen LogP contribution in [0, 0.1) is 0 Å². The normalized spacial score (nSPS) is 10.8. The number of aromatic nitrogens is 1. The van der Waals surface area contributed by atoms with E-state index in [0.717, 1.165) is 20.1 Å². The van der Waals surface area contributed by atoms with Crippen molar-refractivity contribution in [2.24, 2.45) is 0 Å². The topological polar surface area (TPSA) is 90.4 Å². The van der Waals surface area contributed by atoms with Gasteiger partial charge >= 0.3 is 0 Å². The molecule has 0 aliphatic carbocycles. The second kappa shape index (κ2) is 11.4. The number of methoxy groups -OCH3 is 4. The number of carbonyl (C=O) groups excluding carboxylic acids is 1. The van der Waals surface area contributed by atoms with Crippen molar-refractivity contribution in [3.63, 3.8) is 0 Å². The number of carbonyl (C=O) groups is 1. The Morgan fingerprint density at radius 1 is 0.944 bits per heavy atom. The molecule has 10 heteroatoms. The van der Waals surface area contributed by atoms with Gasteiger partial charge in [0.15, 0.2) is 27.3 Å². The Hall–Kier alpha value is -3.63. The summed E-state index contributed by atoms with van der Waals surface area (Å²) < 4.78 is 23.5. The summed E-state index contributed by atoms with van der Waals surface area (Å²) in [5.41, 5.74) is 2.20. The Labute approximate surface area is 217 Å². The summed E-state index contributed by atoms with van der Waals surface area (Å²) in [6.07, 6.45) is 0. The van der Waals surface area contributed by atoms with Crippen molar-refractivity contribution in [3.05, 3.63) is 60.2 Å². The molecule has 0 spiro atoms. The predicted octanol–water partition coefficient (Wildman–Crippen LogP) is 5.36. The number of phenolic OH excluding ortho intramolecular Hbond substituents is 1. The average molecular weight is 527 g/mol. The lowest BCUT2D eigenvalue weighted by Gasteiger charge is -2.25. The molecule has 0 aliphatic heterocycles. The summed E-state index contributed by atoms with van der Waals surface area (Å²) in [6.45, 7) is 0.204. The van der Waals surface area contributed by atoms with Crippen LogP contribution >= 0.6 is 23.1 Å². The summed E-state index contributed by atoms with van der Waals surface area (Å²) in [4.78, 5) is 19.8. The fourth-order valence-corrected chi connectivity index (χ4v) is 5.62. The molecule has 4 aromatic rings. The molecule has 0 unspecified atom stereocenters. The summed E-state index contributed by atoms with van der Waals surface area (Å²) >= 11 is 2.94. The highest BCUT2D eigenvalue weighted by atomic mass is 32.2. The first-order valence-electron chi connectivity index (χ1n) is 10.9. The highest BCUT2D eigenvalue weighted by molar-refractivity contribution is 8.01. The number of benzene rings is 3. The first-order valence-corrected chi connectivity index (χ1v) is 12.7. The number of amides is 1. The van der Waals surface area contributed by atoms with Crippen LogP contribution in [0.25, 0.3) is 10.2 Å². The number of aromatic hydroxyl groups is 1. The number of hydrogen-bond acceptors (Lipinski definition) is 9. The van der Waals surface area contributed by atoms with E-state index in [1.165, 1.54) is 40.2 Å². The van der Waals surface area contributed by atoms with Gasteiger partial charge in [0.05, 0.1) is 56.6 Å². The minimum atomic E-state index is -0.149. The van der Waals surface area contributed by atoms with Gasteiger partial charge in [-0.15, -0.1) is 11.3 Å². The van der Waals surface area contributed by atoms with Crippen LogP contribution in [0.4, 0.5) is 5.69 Å². The molecule has 4 rings (SSSR count). The first-order chi connectivity index (χ1) is 17.5. The Morgan fingerprint density at radius 3 is 2.25 bits per heavy atom. The van der Waals surface area contributed by atoms with Gasteiger partial charge in [-0.25, -0.2) is 4.98 Å². The molecule has 36 heavy (non-hydrogen) atoms. The highest BCUT2D eigenvalue weighted by Crippen LogP contribution is 2.42. The van der Waals surface area contributed by atoms with Crippen LogP contribution in [-0.4, -0.2) is 50.2 Å². The van der Waals surface area contributed by atoms with Gasteiger partial charge in [0.1, 0.15) is 0 Å². The standard InChI is InChI=1S/C26H26N2O6S2/c1-31-20-10-9-16(11-19(20)29)14-28(17-12-21(32-2)25(34-4)22(13-17)33-3)24(30)15-35-26-27-18-7-5-6-8-23(18)36-26/h5-13,29H,14-15H2,1-4H3. The van der Waals surface area contributed by atoms with E-state index < -0.39 is 0 Å². The number of fused-ring (bicyclic) bond motifs is 1. The number of thiazole rings is 1. The number of para-hydroxylation sites is 1. The highest BCUT2D eigenvalue weighted by Gasteiger charge is 2.23. The average Bonchev–Trinajstić information content (AvgIpc) is 3.32. The van der Waals surface area contributed by atoms with Gasteiger partial charge in [-0.1, -0.05) is 30.0 Å². The quantitative estimate of drug-likeness (QED) is 0.276. The molecule has 1 N–H and O–H groups in total. The van der Waals surface area contributed by atoms with Crippen LogP contribution in [-0.2, 0) is 11.3 Å². The SMILES string of the molecule is COc1ccc(CN(C(=O)CSc2nc3ccccc3s2)c2cc(OC)c(OC)c(OC)c2)cc1O. The first kappa shape index (κ1) is 25.5. The molecular formula is C26H26N2O6S2. The summed E-state index contributed by atoms with van der Waals surface area (Å²) in [5, 5.41) is 10.3. The largest absolute Gasteiger partial charge is 0.504 e. The molecule has 1 amide bonds. The van der Waals surface area contributed by atoms with E-state index in [-0.39, 0.29) is 24.0 Å². The third-order valence-corrected chi connectivity index (χ3v) is 7.60. The Balaban J connectivity index is 1.66. The van der Waals surface area contributed by atoms with Gasteiger partial charge in [0, 0.05) is 12.1 Å². The molecule has 8 nitrogen and oxygen atoms in total. The fraction of sp³-hybridized carbons (Fsp3) is 0.231. The number of nitrogens with zero attached hydrogens (tertiary/aromatic N) is 2. The van der Waals surface area contributed by atoms with Crippen molar-refractivity contribution >= 4 is 44.9 Å². The van der Waals surface area contributed by atoms with Crippen LogP contribution in [0.15, 0.2) is 58.9 Å². The van der Waals surface area contributed by atoms with Crippen molar-refractivity contribution in [3.8, 4) is 28.7 Å². The third kappa shape index (κ3) is 5.44. The number of hydrogen-bond donors (Lipinski definition) is 1. The van der Waals surface area contributed by atoms with Gasteiger partial charge in [0.2, 0.25) is 11.7 Å². The second-order valence-electron chi connectivity index (χ2n) is 7.61. The van der Waals surface area contributed by atoms with Gasteiger partial charge < -0.3 is 29.0 Å². The lowest BCUT2D eigenvalue weighted by atomic mass is 10.1. The zero-order valence-corrected chi connectivity index (χ0v) is 21.9. The monoisotopic (exact) mass is 526 g/mol. The molecule has 0 saturated heterocycles. The number of rotatable bonds is 10. The van der Waals surface area contributed by atoms with Crippen molar-refractivity contribution in [1.82, 2.24) is 4.98 Å². The van der Waals surface area contributed by atoms with Crippen LogP contribution in [0.3, 0.4) is 0 Å². The van der Waals surface area contributed by atoms with E-state index in [1.54, 1.807) is 46.6 Å². The van der Waals surface area contributed by atoms with E-state index >= 15 is 0 Å². The fourth-order valence-electron chi connectivity index (χ4n) is 3.68. The molecule has 0 saturated carbocycles. The van der Waals surface area contributed by atoms with E-state index in [4.69, 9.17) is 18.9 Å². The predicted molar refractivity (Wildman–Crippen MR) is 142 cm³/mol. The molecule has 0 atom stereocenters. The van der Waals surface area contributed by atoms with E-state index in [1.807, 2.05) is 24.3 Å². The van der Waals surface area contributed by atoms with Crippen molar-refractivity contribution < 1.29 is 28.8 Å². The minimum absolute atomic E-state index is 0.00357. The van der Waals surface area contributed by atoms with Gasteiger partial charge in [0.25, 0.3) is 0 Å². The molecule has 0 radical (unpaired) electrons. The number of anilines is 1. The summed E-state index contributed by atoms with van der Waals surface area (Å²) in [7, 11) is 6.06. The smallest absolute Gasteiger partial charge is 0.237 e.